The number of benzene rings is 1. The van der Waals surface area contributed by atoms with Crippen molar-refractivity contribution in [3.8, 4) is 0 Å². The smallest absolute Gasteiger partial charge is 0.0263 e. The summed E-state index contributed by atoms with van der Waals surface area (Å²) in [6.45, 7) is 4.61. The lowest BCUT2D eigenvalue weighted by Gasteiger charge is -2.32. The maximum absolute atomic E-state index is 5.75. The average Bonchev–Trinajstić information content (AvgIpc) is 2.82. The number of thioether (sulfide) groups is 1. The van der Waals surface area contributed by atoms with E-state index in [1.165, 1.54) is 43.8 Å². The molecule has 0 aliphatic carbocycles. The maximum Gasteiger partial charge on any atom is 0.0263 e. The average molecular weight is 262 g/mol. The van der Waals surface area contributed by atoms with Crippen molar-refractivity contribution in [1.29, 1.82) is 0 Å². The zero-order valence-corrected chi connectivity index (χ0v) is 11.7. The molecule has 0 aromatic heterocycles. The van der Waals surface area contributed by atoms with E-state index in [1.54, 1.807) is 5.56 Å². The minimum absolute atomic E-state index is 0.761. The molecule has 2 aliphatic heterocycles. The van der Waals surface area contributed by atoms with E-state index in [-0.39, 0.29) is 0 Å². The molecule has 1 aromatic rings. The van der Waals surface area contributed by atoms with E-state index < -0.39 is 0 Å². The van der Waals surface area contributed by atoms with Gasteiger partial charge in [0.15, 0.2) is 0 Å². The molecule has 2 N–H and O–H groups in total. The minimum Gasteiger partial charge on any atom is -0.330 e. The number of nitrogens with zero attached hydrogens (tertiary/aromatic N) is 1. The molecule has 2 heterocycles. The van der Waals surface area contributed by atoms with Crippen LogP contribution in [0.15, 0.2) is 29.2 Å². The fourth-order valence-electron chi connectivity index (χ4n) is 3.05. The number of likely N-dealkylation sites (tertiary alicyclic amines) is 1. The second-order valence-corrected chi connectivity index (χ2v) is 6.87. The molecule has 2 nitrogen and oxygen atoms in total. The van der Waals surface area contributed by atoms with Crippen molar-refractivity contribution in [2.24, 2.45) is 11.7 Å². The van der Waals surface area contributed by atoms with Crippen molar-refractivity contribution >= 4 is 11.8 Å². The lowest BCUT2D eigenvalue weighted by atomic mass is 9.97. The zero-order chi connectivity index (χ0) is 12.4. The van der Waals surface area contributed by atoms with Crippen LogP contribution in [0, 0.1) is 5.92 Å². The first kappa shape index (κ1) is 12.5. The van der Waals surface area contributed by atoms with Gasteiger partial charge >= 0.3 is 0 Å². The molecule has 1 fully saturated rings. The molecule has 0 spiro atoms. The Labute approximate surface area is 114 Å². The van der Waals surface area contributed by atoms with Gasteiger partial charge in [0.1, 0.15) is 0 Å². The van der Waals surface area contributed by atoms with Gasteiger partial charge in [-0.05, 0) is 56.4 Å². The molecule has 98 valence electrons. The van der Waals surface area contributed by atoms with Gasteiger partial charge in [-0.3, -0.25) is 0 Å². The Morgan fingerprint density at radius 3 is 2.72 bits per heavy atom. The molecule has 1 saturated heterocycles. The van der Waals surface area contributed by atoms with Crippen LogP contribution in [0.2, 0.25) is 0 Å². The predicted molar refractivity (Wildman–Crippen MR) is 78.0 cm³/mol. The summed E-state index contributed by atoms with van der Waals surface area (Å²) in [7, 11) is 0. The Morgan fingerprint density at radius 2 is 2.00 bits per heavy atom. The van der Waals surface area contributed by atoms with Crippen LogP contribution in [0.3, 0.4) is 0 Å². The summed E-state index contributed by atoms with van der Waals surface area (Å²) >= 11 is 2.07. The van der Waals surface area contributed by atoms with E-state index in [4.69, 9.17) is 5.73 Å². The lowest BCUT2D eigenvalue weighted by molar-refractivity contribution is 0.188. The van der Waals surface area contributed by atoms with Crippen LogP contribution in [0.5, 0.6) is 0 Å². The fourth-order valence-corrected chi connectivity index (χ4v) is 4.42. The van der Waals surface area contributed by atoms with E-state index in [1.807, 2.05) is 0 Å². The maximum atomic E-state index is 5.75. The number of nitrogens with two attached hydrogens (primary N) is 1. The summed E-state index contributed by atoms with van der Waals surface area (Å²) in [5.74, 6) is 0.773. The third-order valence-corrected chi connectivity index (χ3v) is 5.52. The number of fused-ring (bicyclic) bond motifs is 1. The molecular formula is C15H22N2S. The highest BCUT2D eigenvalue weighted by molar-refractivity contribution is 8.00. The first-order valence-corrected chi connectivity index (χ1v) is 7.90. The van der Waals surface area contributed by atoms with E-state index in [9.17, 15) is 0 Å². The second-order valence-electron chi connectivity index (χ2n) is 5.53. The van der Waals surface area contributed by atoms with Crippen LogP contribution in [0.25, 0.3) is 0 Å². The van der Waals surface area contributed by atoms with Crippen LogP contribution in [-0.2, 0) is 6.42 Å². The summed E-state index contributed by atoms with van der Waals surface area (Å²) in [5, 5.41) is 0.761. The highest BCUT2D eigenvalue weighted by Gasteiger charge is 2.26. The van der Waals surface area contributed by atoms with Crippen LogP contribution < -0.4 is 5.73 Å². The number of hydrogen-bond acceptors (Lipinski definition) is 3. The first-order valence-electron chi connectivity index (χ1n) is 7.02. The van der Waals surface area contributed by atoms with Gasteiger partial charge in [-0.15, -0.1) is 11.8 Å². The van der Waals surface area contributed by atoms with Gasteiger partial charge in [0, 0.05) is 16.7 Å². The lowest BCUT2D eigenvalue weighted by Crippen LogP contribution is -2.39. The van der Waals surface area contributed by atoms with Crippen molar-refractivity contribution in [2.45, 2.75) is 29.4 Å². The van der Waals surface area contributed by atoms with E-state index in [0.717, 1.165) is 17.7 Å². The van der Waals surface area contributed by atoms with Crippen LogP contribution >= 0.6 is 11.8 Å². The molecule has 1 atom stereocenters. The van der Waals surface area contributed by atoms with Crippen LogP contribution in [-0.4, -0.2) is 36.3 Å². The number of piperidine rings is 1. The number of rotatable bonds is 3. The zero-order valence-electron chi connectivity index (χ0n) is 10.8. The van der Waals surface area contributed by atoms with Crippen molar-refractivity contribution in [2.75, 3.05) is 26.2 Å². The second kappa shape index (κ2) is 5.64. The summed E-state index contributed by atoms with van der Waals surface area (Å²) in [4.78, 5) is 4.13. The predicted octanol–water partition coefficient (Wildman–Crippen LogP) is 2.37. The Morgan fingerprint density at radius 1 is 1.22 bits per heavy atom. The summed E-state index contributed by atoms with van der Waals surface area (Å²) in [6.07, 6.45) is 3.83. The third kappa shape index (κ3) is 2.73. The molecule has 0 bridgehead atoms. The van der Waals surface area contributed by atoms with E-state index in [2.05, 4.69) is 40.9 Å². The largest absolute Gasteiger partial charge is 0.330 e. The van der Waals surface area contributed by atoms with Gasteiger partial charge in [0.2, 0.25) is 0 Å². The first-order chi connectivity index (χ1) is 8.85. The van der Waals surface area contributed by atoms with Crippen LogP contribution in [0.1, 0.15) is 18.4 Å². The van der Waals surface area contributed by atoms with Gasteiger partial charge in [0.05, 0.1) is 0 Å². The Hall–Kier alpha value is -0.510. The van der Waals surface area contributed by atoms with Crippen LogP contribution in [0.4, 0.5) is 0 Å². The summed E-state index contributed by atoms with van der Waals surface area (Å²) < 4.78 is 0. The SMILES string of the molecule is NCC1CCN(CC2Cc3ccccc3S2)CC1. The highest BCUT2D eigenvalue weighted by Crippen LogP contribution is 2.37. The quantitative estimate of drug-likeness (QED) is 0.907. The summed E-state index contributed by atoms with van der Waals surface area (Å²) in [5.41, 5.74) is 7.29. The topological polar surface area (TPSA) is 29.3 Å². The minimum atomic E-state index is 0.761. The van der Waals surface area contributed by atoms with Gasteiger partial charge in [-0.25, -0.2) is 0 Å². The van der Waals surface area contributed by atoms with Gasteiger partial charge in [-0.1, -0.05) is 18.2 Å². The van der Waals surface area contributed by atoms with Crippen molar-refractivity contribution in [1.82, 2.24) is 4.90 Å². The number of hydrogen-bond donors (Lipinski definition) is 1. The van der Waals surface area contributed by atoms with E-state index >= 15 is 0 Å². The van der Waals surface area contributed by atoms with Crippen molar-refractivity contribution in [3.63, 3.8) is 0 Å². The monoisotopic (exact) mass is 262 g/mol. The molecule has 3 heteroatoms. The molecule has 3 rings (SSSR count). The summed E-state index contributed by atoms with van der Waals surface area (Å²) in [6, 6.07) is 8.86. The molecule has 0 amide bonds. The standard InChI is InChI=1S/C15H22N2S/c16-10-12-5-7-17(8-6-12)11-14-9-13-3-1-2-4-15(13)18-14/h1-4,12,14H,5-11,16H2. The highest BCUT2D eigenvalue weighted by atomic mass is 32.2. The van der Waals surface area contributed by atoms with Crippen molar-refractivity contribution in [3.05, 3.63) is 29.8 Å². The molecule has 0 saturated carbocycles. The van der Waals surface area contributed by atoms with E-state index in [0.29, 0.717) is 0 Å². The third-order valence-electron chi connectivity index (χ3n) is 4.22. The molecule has 0 radical (unpaired) electrons. The normalized spacial score (nSPS) is 25.3. The molecule has 18 heavy (non-hydrogen) atoms. The molecule has 1 unspecified atom stereocenters. The van der Waals surface area contributed by atoms with Gasteiger partial charge in [-0.2, -0.15) is 0 Å². The molecule has 2 aliphatic rings. The van der Waals surface area contributed by atoms with Crippen molar-refractivity contribution < 1.29 is 0 Å². The molecule has 1 aromatic carbocycles. The molecular weight excluding hydrogens is 240 g/mol. The fraction of sp³-hybridized carbons (Fsp3) is 0.600. The Balaban J connectivity index is 1.51. The van der Waals surface area contributed by atoms with Gasteiger partial charge < -0.3 is 10.6 Å². The van der Waals surface area contributed by atoms with Gasteiger partial charge in [0.25, 0.3) is 0 Å². The Kier molecular flexibility index (Phi) is 3.92. The Bertz CT molecular complexity index is 374.